The van der Waals surface area contributed by atoms with Gasteiger partial charge in [-0.25, -0.2) is 0 Å². The predicted octanol–water partition coefficient (Wildman–Crippen LogP) is 5.72. The van der Waals surface area contributed by atoms with Gasteiger partial charge in [-0.1, -0.05) is 35.3 Å². The molecule has 4 nitrogen and oxygen atoms in total. The summed E-state index contributed by atoms with van der Waals surface area (Å²) in [5, 5.41) is 4.85. The molecule has 4 rings (SSSR count). The average molecular weight is 448 g/mol. The minimum Gasteiger partial charge on any atom is -0.494 e. The third-order valence-electron chi connectivity index (χ3n) is 6.11. The van der Waals surface area contributed by atoms with Crippen molar-refractivity contribution in [3.63, 3.8) is 0 Å². The number of unbranched alkanes of at least 4 members (excludes halogenated alkanes) is 1. The first kappa shape index (κ1) is 21.6. The zero-order valence-electron chi connectivity index (χ0n) is 17.7. The Hall–Kier alpha value is -1.62. The molecular weight excluding hydrogens is 417 g/mol. The van der Waals surface area contributed by atoms with Gasteiger partial charge in [0, 0.05) is 44.0 Å². The smallest absolute Gasteiger partial charge is 0.121 e. The first-order chi connectivity index (χ1) is 14.6. The van der Waals surface area contributed by atoms with Crippen LogP contribution in [0.25, 0.3) is 0 Å². The van der Waals surface area contributed by atoms with Gasteiger partial charge >= 0.3 is 0 Å². The van der Waals surface area contributed by atoms with E-state index in [9.17, 15) is 0 Å². The van der Waals surface area contributed by atoms with E-state index in [4.69, 9.17) is 27.9 Å². The van der Waals surface area contributed by atoms with E-state index in [1.807, 2.05) is 12.1 Å². The van der Waals surface area contributed by atoms with Crippen LogP contribution in [-0.4, -0.2) is 50.3 Å². The van der Waals surface area contributed by atoms with Crippen molar-refractivity contribution in [1.29, 1.82) is 0 Å². The molecule has 0 bridgehead atoms. The Morgan fingerprint density at radius 1 is 1.07 bits per heavy atom. The summed E-state index contributed by atoms with van der Waals surface area (Å²) in [5.74, 6) is 0.974. The number of hydrogen-bond donors (Lipinski definition) is 1. The van der Waals surface area contributed by atoms with Crippen molar-refractivity contribution in [3.8, 4) is 5.75 Å². The minimum absolute atomic E-state index is 0.545. The van der Waals surface area contributed by atoms with Gasteiger partial charge < -0.3 is 15.0 Å². The molecule has 2 aliphatic heterocycles. The maximum Gasteiger partial charge on any atom is 0.121 e. The van der Waals surface area contributed by atoms with Gasteiger partial charge in [-0.05, 0) is 62.9 Å². The quantitative estimate of drug-likeness (QED) is 0.549. The van der Waals surface area contributed by atoms with Crippen LogP contribution >= 0.6 is 23.2 Å². The predicted molar refractivity (Wildman–Crippen MR) is 128 cm³/mol. The number of anilines is 2. The standard InChI is InChI=1S/C24H31Cl2N3O/c1-18-7-8-19-9-10-20(17-22(19)27-18)30-16-3-2-11-28-12-14-29(15-13-28)23-6-4-5-21(25)24(23)26/h4-6,9-10,17-18,27H,2-3,7-8,11-16H2,1H3. The lowest BCUT2D eigenvalue weighted by molar-refractivity contribution is 0.238. The Morgan fingerprint density at radius 3 is 2.73 bits per heavy atom. The number of halogens is 2. The zero-order chi connectivity index (χ0) is 20.9. The summed E-state index contributed by atoms with van der Waals surface area (Å²) in [4.78, 5) is 4.86. The fraction of sp³-hybridized carbons (Fsp3) is 0.500. The van der Waals surface area contributed by atoms with Gasteiger partial charge in [-0.3, -0.25) is 4.90 Å². The van der Waals surface area contributed by atoms with E-state index < -0.39 is 0 Å². The number of ether oxygens (including phenoxy) is 1. The van der Waals surface area contributed by atoms with E-state index in [1.165, 1.54) is 17.7 Å². The van der Waals surface area contributed by atoms with Crippen molar-refractivity contribution < 1.29 is 4.74 Å². The maximum absolute atomic E-state index is 6.37. The summed E-state index contributed by atoms with van der Waals surface area (Å²) < 4.78 is 6.00. The Kier molecular flexibility index (Phi) is 7.29. The molecule has 1 atom stereocenters. The molecule has 1 unspecified atom stereocenters. The number of fused-ring (bicyclic) bond motifs is 1. The lowest BCUT2D eigenvalue weighted by Crippen LogP contribution is -2.46. The number of rotatable bonds is 7. The molecule has 0 spiro atoms. The summed E-state index contributed by atoms with van der Waals surface area (Å²) in [6, 6.07) is 12.9. The molecule has 0 amide bonds. The van der Waals surface area contributed by atoms with Crippen LogP contribution in [0.15, 0.2) is 36.4 Å². The minimum atomic E-state index is 0.545. The fourth-order valence-corrected chi connectivity index (χ4v) is 4.70. The SMILES string of the molecule is CC1CCc2ccc(OCCCCN3CCN(c4cccc(Cl)c4Cl)CC3)cc2N1. The molecule has 0 aromatic heterocycles. The van der Waals surface area contributed by atoms with Gasteiger partial charge in [-0.2, -0.15) is 0 Å². The molecule has 1 N–H and O–H groups in total. The van der Waals surface area contributed by atoms with Gasteiger partial charge in [0.2, 0.25) is 0 Å². The second-order valence-electron chi connectivity index (χ2n) is 8.36. The molecule has 30 heavy (non-hydrogen) atoms. The number of hydrogen-bond acceptors (Lipinski definition) is 4. The van der Waals surface area contributed by atoms with E-state index in [0.717, 1.165) is 70.0 Å². The highest BCUT2D eigenvalue weighted by atomic mass is 35.5. The topological polar surface area (TPSA) is 27.7 Å². The van der Waals surface area contributed by atoms with E-state index in [0.29, 0.717) is 16.1 Å². The maximum atomic E-state index is 6.37. The van der Waals surface area contributed by atoms with E-state index in [-0.39, 0.29) is 0 Å². The molecule has 0 saturated carbocycles. The molecule has 2 aromatic carbocycles. The summed E-state index contributed by atoms with van der Waals surface area (Å²) in [6.07, 6.45) is 4.58. The molecular formula is C24H31Cl2N3O. The first-order valence-electron chi connectivity index (χ1n) is 11.0. The Labute approximate surface area is 190 Å². The highest BCUT2D eigenvalue weighted by Crippen LogP contribution is 2.33. The number of benzene rings is 2. The molecule has 1 saturated heterocycles. The van der Waals surface area contributed by atoms with Crippen LogP contribution in [0.2, 0.25) is 10.0 Å². The molecule has 162 valence electrons. The molecule has 2 aliphatic rings. The average Bonchev–Trinajstić information content (AvgIpc) is 2.76. The molecule has 0 aliphatic carbocycles. The molecule has 1 fully saturated rings. The van der Waals surface area contributed by atoms with Gasteiger partial charge in [0.05, 0.1) is 22.3 Å². The van der Waals surface area contributed by atoms with Crippen LogP contribution in [0.3, 0.4) is 0 Å². The second-order valence-corrected chi connectivity index (χ2v) is 9.15. The summed E-state index contributed by atoms with van der Waals surface area (Å²) in [6.45, 7) is 8.20. The van der Waals surface area contributed by atoms with Crippen LogP contribution < -0.4 is 15.0 Å². The third kappa shape index (κ3) is 5.35. The van der Waals surface area contributed by atoms with Crippen molar-refractivity contribution in [3.05, 3.63) is 52.0 Å². The van der Waals surface area contributed by atoms with Crippen molar-refractivity contribution in [2.75, 3.05) is 49.5 Å². The first-order valence-corrected chi connectivity index (χ1v) is 11.8. The summed E-state index contributed by atoms with van der Waals surface area (Å²) in [5.41, 5.74) is 3.69. The van der Waals surface area contributed by atoms with E-state index in [2.05, 4.69) is 46.3 Å². The fourth-order valence-electron chi connectivity index (χ4n) is 4.28. The number of nitrogens with one attached hydrogen (secondary N) is 1. The second kappa shape index (κ2) is 10.1. The van der Waals surface area contributed by atoms with Gasteiger partial charge in [-0.15, -0.1) is 0 Å². The van der Waals surface area contributed by atoms with Crippen molar-refractivity contribution in [1.82, 2.24) is 4.90 Å². The van der Waals surface area contributed by atoms with Crippen molar-refractivity contribution in [2.45, 2.75) is 38.6 Å². The number of nitrogens with zero attached hydrogens (tertiary/aromatic N) is 2. The lowest BCUT2D eigenvalue weighted by Gasteiger charge is -2.36. The highest BCUT2D eigenvalue weighted by molar-refractivity contribution is 6.43. The van der Waals surface area contributed by atoms with Crippen LogP contribution in [0.5, 0.6) is 5.75 Å². The Morgan fingerprint density at radius 2 is 1.90 bits per heavy atom. The van der Waals surface area contributed by atoms with Crippen molar-refractivity contribution in [2.24, 2.45) is 0 Å². The highest BCUT2D eigenvalue weighted by Gasteiger charge is 2.19. The molecule has 2 heterocycles. The van der Waals surface area contributed by atoms with Crippen molar-refractivity contribution >= 4 is 34.6 Å². The third-order valence-corrected chi connectivity index (χ3v) is 6.92. The molecule has 6 heteroatoms. The number of aryl methyl sites for hydroxylation is 1. The normalized spacial score (nSPS) is 19.3. The lowest BCUT2D eigenvalue weighted by atomic mass is 9.99. The van der Waals surface area contributed by atoms with Gasteiger partial charge in [0.1, 0.15) is 5.75 Å². The van der Waals surface area contributed by atoms with Crippen LogP contribution in [-0.2, 0) is 6.42 Å². The van der Waals surface area contributed by atoms with E-state index in [1.54, 1.807) is 0 Å². The Bertz CT molecular complexity index is 852. The van der Waals surface area contributed by atoms with Crippen LogP contribution in [0, 0.1) is 0 Å². The van der Waals surface area contributed by atoms with Crippen LogP contribution in [0.1, 0.15) is 31.7 Å². The summed E-state index contributed by atoms with van der Waals surface area (Å²) >= 11 is 12.5. The largest absolute Gasteiger partial charge is 0.494 e. The van der Waals surface area contributed by atoms with Gasteiger partial charge in [0.25, 0.3) is 0 Å². The Balaban J connectivity index is 1.15. The molecule has 2 aromatic rings. The summed E-state index contributed by atoms with van der Waals surface area (Å²) in [7, 11) is 0. The number of piperazine rings is 1. The monoisotopic (exact) mass is 447 g/mol. The molecule has 0 radical (unpaired) electrons. The zero-order valence-corrected chi connectivity index (χ0v) is 19.2. The van der Waals surface area contributed by atoms with Gasteiger partial charge in [0.15, 0.2) is 0 Å². The van der Waals surface area contributed by atoms with Crippen LogP contribution in [0.4, 0.5) is 11.4 Å². The van der Waals surface area contributed by atoms with E-state index >= 15 is 0 Å².